The van der Waals surface area contributed by atoms with Gasteiger partial charge >= 0.3 is 0 Å². The van der Waals surface area contributed by atoms with Gasteiger partial charge in [-0.2, -0.15) is 0 Å². The predicted molar refractivity (Wildman–Crippen MR) is 49.3 cm³/mol. The molecule has 0 saturated heterocycles. The van der Waals surface area contributed by atoms with Crippen LogP contribution in [0.5, 0.6) is 0 Å². The van der Waals surface area contributed by atoms with Crippen LogP contribution in [0.2, 0.25) is 0 Å². The molecule has 10 heavy (non-hydrogen) atoms. The van der Waals surface area contributed by atoms with Gasteiger partial charge < -0.3 is 5.32 Å². The molecule has 0 fully saturated rings. The molecule has 1 N–H and O–H groups in total. The lowest BCUT2D eigenvalue weighted by atomic mass is 10.0. The molecule has 0 aromatic heterocycles. The van der Waals surface area contributed by atoms with Gasteiger partial charge in [-0.3, -0.25) is 0 Å². The molecule has 0 bridgehead atoms. The van der Waals surface area contributed by atoms with Crippen molar-refractivity contribution in [2.45, 2.75) is 33.1 Å². The van der Waals surface area contributed by atoms with Crippen molar-refractivity contribution in [1.82, 2.24) is 5.32 Å². The number of rotatable bonds is 6. The Morgan fingerprint density at radius 3 is 2.80 bits per heavy atom. The van der Waals surface area contributed by atoms with Gasteiger partial charge in [-0.15, -0.1) is 0 Å². The minimum atomic E-state index is 0.854. The summed E-state index contributed by atoms with van der Waals surface area (Å²) in [5.74, 6) is 0.854. The molecule has 1 atom stereocenters. The van der Waals surface area contributed by atoms with Gasteiger partial charge in [-0.25, -0.2) is 0 Å². The summed E-state index contributed by atoms with van der Waals surface area (Å²) in [4.78, 5) is 0. The fourth-order valence-electron chi connectivity index (χ4n) is 0.794. The zero-order valence-electron chi connectivity index (χ0n) is 6.81. The maximum atomic E-state index is 4.50. The summed E-state index contributed by atoms with van der Waals surface area (Å²) in [5.41, 5.74) is 2.49. The van der Waals surface area contributed by atoms with E-state index >= 15 is 0 Å². The Balaban J connectivity index is 2.95. The zero-order chi connectivity index (χ0) is 7.82. The lowest BCUT2D eigenvalue weighted by Crippen LogP contribution is -2.11. The van der Waals surface area contributed by atoms with Crippen LogP contribution in [0.15, 0.2) is 0 Å². The second-order valence-electron chi connectivity index (χ2n) is 2.68. The first kappa shape index (κ1) is 9.89. The van der Waals surface area contributed by atoms with Crippen LogP contribution in [0, 0.1) is 5.92 Å². The molecule has 0 heterocycles. The van der Waals surface area contributed by atoms with E-state index in [1.54, 1.807) is 0 Å². The smallest absolute Gasteiger partial charge is 0.134 e. The van der Waals surface area contributed by atoms with Crippen LogP contribution in [-0.2, 0) is 0 Å². The minimum Gasteiger partial charge on any atom is -0.374 e. The standard InChI is InChI=1S/C8H16NS/c1-3-8(2)5-4-6-9-7-10/h8H,3-6H2,1-2H3,(H,9,10). The van der Waals surface area contributed by atoms with Crippen molar-refractivity contribution in [1.29, 1.82) is 0 Å². The van der Waals surface area contributed by atoms with E-state index < -0.39 is 0 Å². The normalized spacial score (nSPS) is 12.6. The van der Waals surface area contributed by atoms with Crippen LogP contribution >= 0.6 is 12.2 Å². The Kier molecular flexibility index (Phi) is 6.93. The van der Waals surface area contributed by atoms with E-state index in [4.69, 9.17) is 0 Å². The average Bonchev–Trinajstić information content (AvgIpc) is 1.98. The predicted octanol–water partition coefficient (Wildman–Crippen LogP) is 2.24. The van der Waals surface area contributed by atoms with E-state index in [2.05, 4.69) is 36.9 Å². The van der Waals surface area contributed by atoms with Crippen LogP contribution in [0.1, 0.15) is 33.1 Å². The summed E-state index contributed by atoms with van der Waals surface area (Å²) in [7, 11) is 0. The van der Waals surface area contributed by atoms with Gasteiger partial charge in [0.05, 0.1) is 0 Å². The highest BCUT2D eigenvalue weighted by atomic mass is 32.1. The van der Waals surface area contributed by atoms with Crippen LogP contribution < -0.4 is 5.32 Å². The topological polar surface area (TPSA) is 12.0 Å². The van der Waals surface area contributed by atoms with Crippen molar-refractivity contribution in [3.8, 4) is 0 Å². The first-order valence-electron chi connectivity index (χ1n) is 3.91. The molecule has 0 spiro atoms. The van der Waals surface area contributed by atoms with E-state index in [-0.39, 0.29) is 0 Å². The maximum absolute atomic E-state index is 4.50. The molecule has 0 aromatic carbocycles. The molecule has 2 heteroatoms. The van der Waals surface area contributed by atoms with Gasteiger partial charge in [-0.1, -0.05) is 32.5 Å². The molecule has 0 amide bonds. The second-order valence-corrected chi connectivity index (χ2v) is 2.89. The average molecular weight is 158 g/mol. The Hall–Kier alpha value is -0.110. The molecule has 1 nitrogen and oxygen atoms in total. The second kappa shape index (κ2) is 7.00. The van der Waals surface area contributed by atoms with E-state index in [1.165, 1.54) is 19.3 Å². The van der Waals surface area contributed by atoms with Crippen molar-refractivity contribution in [3.63, 3.8) is 0 Å². The highest BCUT2D eigenvalue weighted by Crippen LogP contribution is 2.07. The Bertz CT molecular complexity index is 83.3. The van der Waals surface area contributed by atoms with Gasteiger partial charge in [0.2, 0.25) is 0 Å². The molecule has 1 unspecified atom stereocenters. The molecule has 0 saturated carbocycles. The first-order chi connectivity index (χ1) is 4.81. The third-order valence-corrected chi connectivity index (χ3v) is 1.91. The summed E-state index contributed by atoms with van der Waals surface area (Å²) in [6.07, 6.45) is 3.78. The van der Waals surface area contributed by atoms with Gasteiger partial charge in [0.15, 0.2) is 0 Å². The fraction of sp³-hybridized carbons (Fsp3) is 0.875. The van der Waals surface area contributed by atoms with Crippen molar-refractivity contribution in [2.75, 3.05) is 6.54 Å². The maximum Gasteiger partial charge on any atom is 0.134 e. The minimum absolute atomic E-state index is 0.854. The van der Waals surface area contributed by atoms with Gasteiger partial charge in [0.25, 0.3) is 0 Å². The van der Waals surface area contributed by atoms with Crippen LogP contribution in [0.25, 0.3) is 0 Å². The molecular weight excluding hydrogens is 142 g/mol. The SMILES string of the molecule is CCC(C)CCCN[C]=S. The first-order valence-corrected chi connectivity index (χ1v) is 4.32. The zero-order valence-corrected chi connectivity index (χ0v) is 7.63. The van der Waals surface area contributed by atoms with Crippen molar-refractivity contribution >= 4 is 17.7 Å². The number of thiocarbonyl (C=S) groups is 1. The van der Waals surface area contributed by atoms with Crippen LogP contribution in [-0.4, -0.2) is 12.0 Å². The summed E-state index contributed by atoms with van der Waals surface area (Å²) in [6, 6.07) is 0. The lowest BCUT2D eigenvalue weighted by molar-refractivity contribution is 0.495. The third kappa shape index (κ3) is 6.02. The quantitative estimate of drug-likeness (QED) is 0.361. The van der Waals surface area contributed by atoms with Crippen molar-refractivity contribution in [2.24, 2.45) is 5.92 Å². The van der Waals surface area contributed by atoms with Crippen LogP contribution in [0.3, 0.4) is 0 Å². The molecule has 59 valence electrons. The van der Waals surface area contributed by atoms with Gasteiger partial charge in [0, 0.05) is 6.54 Å². The molecule has 1 radical (unpaired) electrons. The van der Waals surface area contributed by atoms with Crippen molar-refractivity contribution < 1.29 is 0 Å². The summed E-state index contributed by atoms with van der Waals surface area (Å²) >= 11 is 4.50. The lowest BCUT2D eigenvalue weighted by Gasteiger charge is -2.06. The Morgan fingerprint density at radius 1 is 1.60 bits per heavy atom. The highest BCUT2D eigenvalue weighted by molar-refractivity contribution is 7.78. The summed E-state index contributed by atoms with van der Waals surface area (Å²) < 4.78 is 0. The van der Waals surface area contributed by atoms with Crippen LogP contribution in [0.4, 0.5) is 0 Å². The monoisotopic (exact) mass is 158 g/mol. The third-order valence-electron chi connectivity index (χ3n) is 1.77. The summed E-state index contributed by atoms with van der Waals surface area (Å²) in [6.45, 7) is 5.48. The molecule has 0 aliphatic carbocycles. The van der Waals surface area contributed by atoms with Gasteiger partial charge in [-0.05, 0) is 18.8 Å². The molecular formula is C8H16NS. The number of hydrogen-bond donors (Lipinski definition) is 1. The van der Waals surface area contributed by atoms with E-state index in [9.17, 15) is 0 Å². The van der Waals surface area contributed by atoms with E-state index in [1.807, 2.05) is 0 Å². The van der Waals surface area contributed by atoms with E-state index in [0.717, 1.165) is 12.5 Å². The van der Waals surface area contributed by atoms with E-state index in [0.29, 0.717) is 0 Å². The van der Waals surface area contributed by atoms with Gasteiger partial charge in [0.1, 0.15) is 5.49 Å². The summed E-state index contributed by atoms with van der Waals surface area (Å²) in [5, 5.41) is 2.89. The highest BCUT2D eigenvalue weighted by Gasteiger charge is 1.96. The Labute approximate surface area is 69.2 Å². The molecule has 0 aliphatic rings. The Morgan fingerprint density at radius 2 is 2.30 bits per heavy atom. The number of hydrogen-bond acceptors (Lipinski definition) is 1. The fourth-order valence-corrected chi connectivity index (χ4v) is 0.896. The largest absolute Gasteiger partial charge is 0.374 e. The molecule has 0 aromatic rings. The molecule has 0 rings (SSSR count). The number of nitrogens with one attached hydrogen (secondary N) is 1. The molecule has 0 aliphatic heterocycles. The van der Waals surface area contributed by atoms with Crippen molar-refractivity contribution in [3.05, 3.63) is 0 Å².